The Morgan fingerprint density at radius 2 is 2.13 bits per heavy atom. The molecule has 2 nitrogen and oxygen atoms in total. The minimum absolute atomic E-state index is 0.205. The molecule has 0 radical (unpaired) electrons. The van der Waals surface area contributed by atoms with Gasteiger partial charge in [0.25, 0.3) is 0 Å². The maximum atomic E-state index is 6.01. The fourth-order valence-electron chi connectivity index (χ4n) is 2.03. The topological polar surface area (TPSA) is 21.3 Å². The molecule has 0 aliphatic carbocycles. The number of piperidine rings is 1. The molecule has 15 heavy (non-hydrogen) atoms. The number of hydrogen-bond acceptors (Lipinski definition) is 2. The van der Waals surface area contributed by atoms with Gasteiger partial charge in [-0.05, 0) is 31.9 Å². The van der Waals surface area contributed by atoms with Gasteiger partial charge < -0.3 is 10.1 Å². The molecule has 1 aromatic rings. The highest BCUT2D eigenvalue weighted by Crippen LogP contribution is 2.20. The minimum Gasteiger partial charge on any atom is -0.369 e. The molecule has 1 aliphatic rings. The van der Waals surface area contributed by atoms with Crippen LogP contribution in [0.3, 0.4) is 0 Å². The van der Waals surface area contributed by atoms with Crippen molar-refractivity contribution in [2.75, 3.05) is 13.1 Å². The van der Waals surface area contributed by atoms with Gasteiger partial charge in [0.05, 0.1) is 12.2 Å². The predicted molar refractivity (Wildman–Crippen MR) is 61.8 cm³/mol. The second-order valence-electron chi connectivity index (χ2n) is 4.16. The summed E-state index contributed by atoms with van der Waals surface area (Å²) >= 11 is 0. The number of hydrogen-bond donors (Lipinski definition) is 1. The predicted octanol–water partition coefficient (Wildman–Crippen LogP) is 2.52. The molecule has 0 spiro atoms. The smallest absolute Gasteiger partial charge is 0.0801 e. The molecule has 0 saturated carbocycles. The fraction of sp³-hybridized carbons (Fsp3) is 0.538. The zero-order valence-electron chi connectivity index (χ0n) is 9.28. The Morgan fingerprint density at radius 3 is 2.80 bits per heavy atom. The number of rotatable bonds is 3. The SMILES string of the molecule is C[C@H](O[C@@H]1CCCNC1)c1ccccc1. The lowest BCUT2D eigenvalue weighted by molar-refractivity contribution is -0.0149. The highest BCUT2D eigenvalue weighted by molar-refractivity contribution is 5.16. The molecule has 2 rings (SSSR count). The molecule has 82 valence electrons. The summed E-state index contributed by atoms with van der Waals surface area (Å²) < 4.78 is 6.01. The summed E-state index contributed by atoms with van der Waals surface area (Å²) in [6.45, 7) is 4.26. The highest BCUT2D eigenvalue weighted by atomic mass is 16.5. The van der Waals surface area contributed by atoms with Crippen LogP contribution < -0.4 is 5.32 Å². The van der Waals surface area contributed by atoms with Crippen LogP contribution in [0.25, 0.3) is 0 Å². The number of benzene rings is 1. The Bertz CT molecular complexity index is 280. The van der Waals surface area contributed by atoms with Gasteiger partial charge in [-0.1, -0.05) is 30.3 Å². The van der Waals surface area contributed by atoms with Gasteiger partial charge in [0.15, 0.2) is 0 Å². The molecule has 0 aromatic heterocycles. The lowest BCUT2D eigenvalue weighted by Gasteiger charge is -2.26. The van der Waals surface area contributed by atoms with E-state index in [2.05, 4.69) is 36.5 Å². The third kappa shape index (κ3) is 3.05. The second kappa shape index (κ2) is 5.29. The van der Waals surface area contributed by atoms with E-state index in [0.29, 0.717) is 6.10 Å². The second-order valence-corrected chi connectivity index (χ2v) is 4.16. The molecule has 0 bridgehead atoms. The van der Waals surface area contributed by atoms with Crippen LogP contribution in [0.4, 0.5) is 0 Å². The molecule has 1 aliphatic heterocycles. The third-order valence-electron chi connectivity index (χ3n) is 2.92. The molecule has 1 fully saturated rings. The largest absolute Gasteiger partial charge is 0.369 e. The first kappa shape index (κ1) is 10.7. The fourth-order valence-corrected chi connectivity index (χ4v) is 2.03. The number of ether oxygens (including phenoxy) is 1. The molecule has 1 aromatic carbocycles. The first-order valence-electron chi connectivity index (χ1n) is 5.77. The van der Waals surface area contributed by atoms with Crippen LogP contribution in [0.15, 0.2) is 30.3 Å². The Balaban J connectivity index is 1.88. The van der Waals surface area contributed by atoms with Crippen LogP contribution in [0, 0.1) is 0 Å². The lowest BCUT2D eigenvalue weighted by atomic mass is 10.1. The van der Waals surface area contributed by atoms with Crippen molar-refractivity contribution < 1.29 is 4.74 Å². The van der Waals surface area contributed by atoms with Crippen molar-refractivity contribution in [1.82, 2.24) is 5.32 Å². The molecule has 2 heteroatoms. The molecule has 2 atom stereocenters. The summed E-state index contributed by atoms with van der Waals surface area (Å²) in [5, 5.41) is 3.37. The van der Waals surface area contributed by atoms with E-state index in [4.69, 9.17) is 4.74 Å². The first-order valence-corrected chi connectivity index (χ1v) is 5.77. The average molecular weight is 205 g/mol. The maximum absolute atomic E-state index is 6.01. The first-order chi connectivity index (χ1) is 7.36. The summed E-state index contributed by atoms with van der Waals surface area (Å²) in [6.07, 6.45) is 3.00. The van der Waals surface area contributed by atoms with Gasteiger partial charge in [0, 0.05) is 6.54 Å². The maximum Gasteiger partial charge on any atom is 0.0801 e. The van der Waals surface area contributed by atoms with E-state index in [9.17, 15) is 0 Å². The van der Waals surface area contributed by atoms with E-state index < -0.39 is 0 Å². The van der Waals surface area contributed by atoms with E-state index in [-0.39, 0.29) is 6.10 Å². The van der Waals surface area contributed by atoms with Crippen LogP contribution in [0.1, 0.15) is 31.4 Å². The van der Waals surface area contributed by atoms with Crippen LogP contribution in [0.2, 0.25) is 0 Å². The van der Waals surface area contributed by atoms with E-state index in [0.717, 1.165) is 13.1 Å². The van der Waals surface area contributed by atoms with Crippen molar-refractivity contribution >= 4 is 0 Å². The van der Waals surface area contributed by atoms with Gasteiger partial charge in [-0.3, -0.25) is 0 Å². The minimum atomic E-state index is 0.205. The third-order valence-corrected chi connectivity index (χ3v) is 2.92. The summed E-state index contributed by atoms with van der Waals surface area (Å²) in [5.74, 6) is 0. The van der Waals surface area contributed by atoms with Crippen molar-refractivity contribution in [3.05, 3.63) is 35.9 Å². The van der Waals surface area contributed by atoms with Crippen LogP contribution in [-0.2, 0) is 4.74 Å². The van der Waals surface area contributed by atoms with Crippen molar-refractivity contribution in [3.8, 4) is 0 Å². The van der Waals surface area contributed by atoms with Crippen LogP contribution >= 0.6 is 0 Å². The standard InChI is InChI=1S/C13H19NO/c1-11(12-6-3-2-4-7-12)15-13-8-5-9-14-10-13/h2-4,6-7,11,13-14H,5,8-10H2,1H3/t11-,13+/m0/s1. The summed E-state index contributed by atoms with van der Waals surface area (Å²) in [5.41, 5.74) is 1.27. The van der Waals surface area contributed by atoms with E-state index >= 15 is 0 Å². The monoisotopic (exact) mass is 205 g/mol. The van der Waals surface area contributed by atoms with Gasteiger partial charge in [0.2, 0.25) is 0 Å². The van der Waals surface area contributed by atoms with Gasteiger partial charge in [-0.15, -0.1) is 0 Å². The van der Waals surface area contributed by atoms with E-state index in [1.165, 1.54) is 18.4 Å². The Hall–Kier alpha value is -0.860. The average Bonchev–Trinajstić information content (AvgIpc) is 2.31. The molecular weight excluding hydrogens is 186 g/mol. The Labute approximate surface area is 91.6 Å². The van der Waals surface area contributed by atoms with Gasteiger partial charge >= 0.3 is 0 Å². The van der Waals surface area contributed by atoms with Crippen molar-refractivity contribution in [2.45, 2.75) is 32.0 Å². The van der Waals surface area contributed by atoms with Crippen molar-refractivity contribution in [2.24, 2.45) is 0 Å². The van der Waals surface area contributed by atoms with Gasteiger partial charge in [-0.25, -0.2) is 0 Å². The Morgan fingerprint density at radius 1 is 1.33 bits per heavy atom. The summed E-state index contributed by atoms with van der Waals surface area (Å²) in [4.78, 5) is 0. The molecule has 1 saturated heterocycles. The van der Waals surface area contributed by atoms with Crippen molar-refractivity contribution in [3.63, 3.8) is 0 Å². The molecule has 1 N–H and O–H groups in total. The van der Waals surface area contributed by atoms with E-state index in [1.807, 2.05) is 6.07 Å². The van der Waals surface area contributed by atoms with Gasteiger partial charge in [0.1, 0.15) is 0 Å². The van der Waals surface area contributed by atoms with Crippen molar-refractivity contribution in [1.29, 1.82) is 0 Å². The molecule has 0 unspecified atom stereocenters. The highest BCUT2D eigenvalue weighted by Gasteiger charge is 2.16. The quantitative estimate of drug-likeness (QED) is 0.818. The van der Waals surface area contributed by atoms with Crippen LogP contribution in [-0.4, -0.2) is 19.2 Å². The summed E-state index contributed by atoms with van der Waals surface area (Å²) in [6, 6.07) is 10.4. The molecular formula is C13H19NO. The lowest BCUT2D eigenvalue weighted by Crippen LogP contribution is -2.35. The summed E-state index contributed by atoms with van der Waals surface area (Å²) in [7, 11) is 0. The normalized spacial score (nSPS) is 23.7. The molecule has 1 heterocycles. The zero-order chi connectivity index (χ0) is 10.5. The van der Waals surface area contributed by atoms with Crippen LogP contribution in [0.5, 0.6) is 0 Å². The molecule has 0 amide bonds. The zero-order valence-corrected chi connectivity index (χ0v) is 9.28. The van der Waals surface area contributed by atoms with E-state index in [1.54, 1.807) is 0 Å². The number of nitrogens with one attached hydrogen (secondary N) is 1. The Kier molecular flexibility index (Phi) is 3.75. The van der Waals surface area contributed by atoms with Gasteiger partial charge in [-0.2, -0.15) is 0 Å².